The zero-order chi connectivity index (χ0) is 12.1. The highest BCUT2D eigenvalue weighted by Gasteiger charge is 2.16. The summed E-state index contributed by atoms with van der Waals surface area (Å²) in [6.07, 6.45) is 1.83. The fourth-order valence-electron chi connectivity index (χ4n) is 2.06. The largest absolute Gasteiger partial charge is 0.354 e. The Morgan fingerprint density at radius 1 is 1.24 bits per heavy atom. The molecule has 2 rings (SSSR count). The Morgan fingerprint density at radius 3 is 2.65 bits per heavy atom. The van der Waals surface area contributed by atoms with Crippen LogP contribution in [0.25, 0.3) is 0 Å². The highest BCUT2D eigenvalue weighted by Crippen LogP contribution is 2.14. The average Bonchev–Trinajstić information content (AvgIpc) is 2.40. The lowest BCUT2D eigenvalue weighted by molar-refractivity contribution is 0.270. The second-order valence-corrected chi connectivity index (χ2v) is 4.19. The van der Waals surface area contributed by atoms with E-state index < -0.39 is 0 Å². The highest BCUT2D eigenvalue weighted by molar-refractivity contribution is 5.42. The molecule has 17 heavy (non-hydrogen) atoms. The van der Waals surface area contributed by atoms with E-state index in [1.54, 1.807) is 0 Å². The first-order valence-electron chi connectivity index (χ1n) is 6.37. The monoisotopic (exact) mass is 235 g/mol. The molecule has 0 bridgehead atoms. The number of hydrogen-bond acceptors (Lipinski definition) is 5. The smallest absolute Gasteiger partial charge is 0.224 e. The molecule has 2 heterocycles. The van der Waals surface area contributed by atoms with Crippen LogP contribution in [0.5, 0.6) is 0 Å². The summed E-state index contributed by atoms with van der Waals surface area (Å²) >= 11 is 0. The van der Waals surface area contributed by atoms with Gasteiger partial charge < -0.3 is 15.1 Å². The molecule has 0 aromatic carbocycles. The number of hydrogen-bond donors (Lipinski definition) is 1. The third-order valence-corrected chi connectivity index (χ3v) is 3.12. The van der Waals surface area contributed by atoms with Crippen molar-refractivity contribution in [3.05, 3.63) is 12.3 Å². The zero-order valence-electron chi connectivity index (χ0n) is 10.7. The second kappa shape index (κ2) is 5.82. The summed E-state index contributed by atoms with van der Waals surface area (Å²) < 4.78 is 0. The van der Waals surface area contributed by atoms with Crippen molar-refractivity contribution in [2.75, 3.05) is 49.5 Å². The molecule has 0 unspecified atom stereocenters. The zero-order valence-corrected chi connectivity index (χ0v) is 10.7. The summed E-state index contributed by atoms with van der Waals surface area (Å²) in [6.45, 7) is 10.6. The van der Waals surface area contributed by atoms with E-state index in [9.17, 15) is 0 Å². The van der Waals surface area contributed by atoms with E-state index in [-0.39, 0.29) is 0 Å². The molecule has 0 spiro atoms. The molecule has 94 valence electrons. The molecule has 5 heteroatoms. The van der Waals surface area contributed by atoms with Gasteiger partial charge in [0.1, 0.15) is 5.82 Å². The number of rotatable bonds is 4. The van der Waals surface area contributed by atoms with E-state index in [4.69, 9.17) is 0 Å². The molecule has 0 amide bonds. The predicted octanol–water partition coefficient (Wildman–Crippen LogP) is 1.05. The Morgan fingerprint density at radius 2 is 2.00 bits per heavy atom. The molecular formula is C12H21N5. The van der Waals surface area contributed by atoms with Crippen LogP contribution in [0.15, 0.2) is 12.3 Å². The van der Waals surface area contributed by atoms with Crippen LogP contribution in [0.1, 0.15) is 13.8 Å². The van der Waals surface area contributed by atoms with Crippen LogP contribution in [-0.2, 0) is 0 Å². The van der Waals surface area contributed by atoms with E-state index in [2.05, 4.69) is 38.9 Å². The van der Waals surface area contributed by atoms with E-state index >= 15 is 0 Å². The van der Waals surface area contributed by atoms with Gasteiger partial charge >= 0.3 is 0 Å². The Labute approximate surface area is 103 Å². The quantitative estimate of drug-likeness (QED) is 0.845. The molecule has 1 fully saturated rings. The van der Waals surface area contributed by atoms with Gasteiger partial charge in [-0.25, -0.2) is 4.98 Å². The van der Waals surface area contributed by atoms with Gasteiger partial charge in [0.2, 0.25) is 5.95 Å². The molecule has 1 aliphatic heterocycles. The lowest BCUT2D eigenvalue weighted by Crippen LogP contribution is -2.46. The van der Waals surface area contributed by atoms with E-state index in [1.165, 1.54) is 0 Å². The van der Waals surface area contributed by atoms with Gasteiger partial charge in [-0.3, -0.25) is 0 Å². The highest BCUT2D eigenvalue weighted by atomic mass is 15.3. The van der Waals surface area contributed by atoms with Gasteiger partial charge in [-0.1, -0.05) is 6.92 Å². The van der Waals surface area contributed by atoms with Crippen molar-refractivity contribution < 1.29 is 0 Å². The summed E-state index contributed by atoms with van der Waals surface area (Å²) in [4.78, 5) is 13.5. The molecule has 1 saturated heterocycles. The van der Waals surface area contributed by atoms with Gasteiger partial charge in [0, 0.05) is 38.9 Å². The normalized spacial score (nSPS) is 17.2. The Balaban J connectivity index is 2.00. The van der Waals surface area contributed by atoms with E-state index in [0.29, 0.717) is 0 Å². The molecule has 0 aliphatic carbocycles. The topological polar surface area (TPSA) is 44.3 Å². The first kappa shape index (κ1) is 12.1. The fourth-order valence-corrected chi connectivity index (χ4v) is 2.06. The van der Waals surface area contributed by atoms with Crippen molar-refractivity contribution in [3.63, 3.8) is 0 Å². The van der Waals surface area contributed by atoms with E-state index in [0.717, 1.165) is 51.0 Å². The number of nitrogens with one attached hydrogen (secondary N) is 1. The van der Waals surface area contributed by atoms with Gasteiger partial charge in [-0.05, 0) is 19.5 Å². The molecule has 0 saturated carbocycles. The van der Waals surface area contributed by atoms with Crippen molar-refractivity contribution in [2.24, 2.45) is 0 Å². The van der Waals surface area contributed by atoms with Crippen molar-refractivity contribution in [1.29, 1.82) is 0 Å². The predicted molar refractivity (Wildman–Crippen MR) is 70.5 cm³/mol. The number of anilines is 2. The van der Waals surface area contributed by atoms with Crippen LogP contribution in [0.3, 0.4) is 0 Å². The molecule has 1 aromatic heterocycles. The van der Waals surface area contributed by atoms with Gasteiger partial charge in [-0.2, -0.15) is 4.98 Å². The summed E-state index contributed by atoms with van der Waals surface area (Å²) in [5.41, 5.74) is 0. The number of likely N-dealkylation sites (N-methyl/N-ethyl adjacent to an activating group) is 1. The molecule has 5 nitrogen and oxygen atoms in total. The Kier molecular flexibility index (Phi) is 4.14. The van der Waals surface area contributed by atoms with Gasteiger partial charge in [0.05, 0.1) is 0 Å². The maximum absolute atomic E-state index is 4.52. The lowest BCUT2D eigenvalue weighted by Gasteiger charge is -2.34. The molecule has 1 N–H and O–H groups in total. The first-order chi connectivity index (χ1) is 8.33. The van der Waals surface area contributed by atoms with Crippen LogP contribution in [0, 0.1) is 0 Å². The minimum atomic E-state index is 0.725. The molecule has 1 aromatic rings. The minimum absolute atomic E-state index is 0.725. The van der Waals surface area contributed by atoms with Gasteiger partial charge in [0.25, 0.3) is 0 Å². The standard InChI is InChI=1S/C12H21N5/c1-3-13-12-14-6-5-11(15-12)17-9-7-16(4-2)8-10-17/h5-6H,3-4,7-10H2,1-2H3,(H,13,14,15). The summed E-state index contributed by atoms with van der Waals surface area (Å²) in [5.74, 6) is 1.76. The van der Waals surface area contributed by atoms with Crippen molar-refractivity contribution in [1.82, 2.24) is 14.9 Å². The third kappa shape index (κ3) is 3.06. The summed E-state index contributed by atoms with van der Waals surface area (Å²) in [6, 6.07) is 1.99. The number of piperazine rings is 1. The molecule has 1 aliphatic rings. The fraction of sp³-hybridized carbons (Fsp3) is 0.667. The average molecular weight is 235 g/mol. The van der Waals surface area contributed by atoms with Crippen molar-refractivity contribution >= 4 is 11.8 Å². The van der Waals surface area contributed by atoms with Crippen LogP contribution in [0.2, 0.25) is 0 Å². The first-order valence-corrected chi connectivity index (χ1v) is 6.37. The van der Waals surface area contributed by atoms with Crippen molar-refractivity contribution in [3.8, 4) is 0 Å². The lowest BCUT2D eigenvalue weighted by atomic mass is 10.3. The SMILES string of the molecule is CCNc1nccc(N2CCN(CC)CC2)n1. The van der Waals surface area contributed by atoms with E-state index in [1.807, 2.05) is 12.3 Å². The third-order valence-electron chi connectivity index (χ3n) is 3.12. The Bertz CT molecular complexity index is 347. The number of nitrogens with zero attached hydrogens (tertiary/aromatic N) is 4. The second-order valence-electron chi connectivity index (χ2n) is 4.19. The molecular weight excluding hydrogens is 214 g/mol. The van der Waals surface area contributed by atoms with Crippen LogP contribution in [-0.4, -0.2) is 54.1 Å². The maximum Gasteiger partial charge on any atom is 0.224 e. The van der Waals surface area contributed by atoms with Crippen molar-refractivity contribution in [2.45, 2.75) is 13.8 Å². The minimum Gasteiger partial charge on any atom is -0.354 e. The maximum atomic E-state index is 4.52. The van der Waals surface area contributed by atoms with Crippen LogP contribution in [0.4, 0.5) is 11.8 Å². The molecule has 0 atom stereocenters. The summed E-state index contributed by atoms with van der Waals surface area (Å²) in [7, 11) is 0. The van der Waals surface area contributed by atoms with Gasteiger partial charge in [-0.15, -0.1) is 0 Å². The van der Waals surface area contributed by atoms with Crippen LogP contribution >= 0.6 is 0 Å². The van der Waals surface area contributed by atoms with Gasteiger partial charge in [0.15, 0.2) is 0 Å². The van der Waals surface area contributed by atoms with Crippen LogP contribution < -0.4 is 10.2 Å². The Hall–Kier alpha value is -1.36. The number of aromatic nitrogens is 2. The molecule has 0 radical (unpaired) electrons. The summed E-state index contributed by atoms with van der Waals surface area (Å²) in [5, 5.41) is 3.15.